The van der Waals surface area contributed by atoms with Crippen LogP contribution in [-0.2, 0) is 4.79 Å². The first-order valence-corrected chi connectivity index (χ1v) is 11.2. The Morgan fingerprint density at radius 3 is 2.50 bits per heavy atom. The van der Waals surface area contributed by atoms with Crippen molar-refractivity contribution in [1.82, 2.24) is 20.0 Å². The minimum Gasteiger partial charge on any atom is -0.480 e. The third-order valence-electron chi connectivity index (χ3n) is 6.90. The molecule has 3 aliphatic rings. The van der Waals surface area contributed by atoms with Crippen molar-refractivity contribution in [3.63, 3.8) is 0 Å². The van der Waals surface area contributed by atoms with E-state index >= 15 is 0 Å². The number of piperidine rings is 2. The summed E-state index contributed by atoms with van der Waals surface area (Å²) in [6.07, 6.45) is 6.64. The van der Waals surface area contributed by atoms with Gasteiger partial charge < -0.3 is 20.2 Å². The lowest BCUT2D eigenvalue weighted by Gasteiger charge is -2.43. The van der Waals surface area contributed by atoms with E-state index in [1.165, 1.54) is 32.4 Å². The van der Waals surface area contributed by atoms with Gasteiger partial charge in [0.15, 0.2) is 0 Å². The Bertz CT molecular complexity index is 530. The summed E-state index contributed by atoms with van der Waals surface area (Å²) in [4.78, 5) is 30.2. The number of likely N-dealkylation sites (tertiary alicyclic amines) is 2. The maximum atomic E-state index is 12.7. The minimum atomic E-state index is -0.781. The standard InChI is InChI=1S/C21H38N4O3/c1-3-24(15-20(26)27)19-11-18(12-19)22-21(28)25-8-4-5-17(14-25)13-23-9-6-16(2)7-10-23/h16-19H,3-15H2,1-2H3,(H,22,28)(H,26,27). The summed E-state index contributed by atoms with van der Waals surface area (Å²) in [5.74, 6) is 0.667. The number of amides is 2. The normalized spacial score (nSPS) is 29.5. The lowest BCUT2D eigenvalue weighted by molar-refractivity contribution is -0.139. The Labute approximate surface area is 169 Å². The van der Waals surface area contributed by atoms with Crippen LogP contribution in [0.1, 0.15) is 52.4 Å². The van der Waals surface area contributed by atoms with Crippen molar-refractivity contribution in [1.29, 1.82) is 0 Å². The van der Waals surface area contributed by atoms with Crippen molar-refractivity contribution < 1.29 is 14.7 Å². The third-order valence-corrected chi connectivity index (χ3v) is 6.90. The number of likely N-dealkylation sites (N-methyl/N-ethyl adjacent to an activating group) is 1. The molecule has 7 nitrogen and oxygen atoms in total. The summed E-state index contributed by atoms with van der Waals surface area (Å²) in [6.45, 7) is 10.4. The Kier molecular flexibility index (Phi) is 7.57. The van der Waals surface area contributed by atoms with E-state index in [-0.39, 0.29) is 24.7 Å². The maximum Gasteiger partial charge on any atom is 0.317 e. The van der Waals surface area contributed by atoms with Gasteiger partial charge in [0.05, 0.1) is 6.54 Å². The smallest absolute Gasteiger partial charge is 0.317 e. The van der Waals surface area contributed by atoms with E-state index in [2.05, 4.69) is 17.1 Å². The lowest BCUT2D eigenvalue weighted by Crippen LogP contribution is -2.58. The molecule has 28 heavy (non-hydrogen) atoms. The van der Waals surface area contributed by atoms with Crippen LogP contribution in [0.25, 0.3) is 0 Å². The minimum absolute atomic E-state index is 0.0710. The SMILES string of the molecule is CCN(CC(=O)O)C1CC(NC(=O)N2CCCC(CN3CCC(C)CC3)C2)C1. The van der Waals surface area contributed by atoms with E-state index in [1.54, 1.807) is 0 Å². The summed E-state index contributed by atoms with van der Waals surface area (Å²) in [5.41, 5.74) is 0. The number of carboxylic acid groups (broad SMARTS) is 1. The number of carbonyl (C=O) groups excluding carboxylic acids is 1. The maximum absolute atomic E-state index is 12.7. The predicted molar refractivity (Wildman–Crippen MR) is 109 cm³/mol. The second kappa shape index (κ2) is 9.92. The second-order valence-electron chi connectivity index (χ2n) is 9.17. The van der Waals surface area contributed by atoms with E-state index in [9.17, 15) is 9.59 Å². The van der Waals surface area contributed by atoms with Crippen LogP contribution in [0.5, 0.6) is 0 Å². The first kappa shape index (κ1) is 21.4. The number of hydrogen-bond acceptors (Lipinski definition) is 4. The molecule has 3 rings (SSSR count). The quantitative estimate of drug-likeness (QED) is 0.691. The first-order chi connectivity index (χ1) is 13.4. The fourth-order valence-electron chi connectivity index (χ4n) is 4.95. The van der Waals surface area contributed by atoms with Crippen molar-refractivity contribution in [3.8, 4) is 0 Å². The van der Waals surface area contributed by atoms with E-state index in [1.807, 2.05) is 16.7 Å². The highest BCUT2D eigenvalue weighted by Gasteiger charge is 2.36. The highest BCUT2D eigenvalue weighted by molar-refractivity contribution is 5.74. The number of hydrogen-bond donors (Lipinski definition) is 2. The molecule has 7 heteroatoms. The van der Waals surface area contributed by atoms with Crippen molar-refractivity contribution >= 4 is 12.0 Å². The number of carboxylic acids is 1. The van der Waals surface area contributed by atoms with Gasteiger partial charge in [0, 0.05) is 31.7 Å². The Morgan fingerprint density at radius 2 is 1.86 bits per heavy atom. The molecule has 2 N–H and O–H groups in total. The monoisotopic (exact) mass is 394 g/mol. The third kappa shape index (κ3) is 5.83. The van der Waals surface area contributed by atoms with Crippen molar-refractivity contribution in [3.05, 3.63) is 0 Å². The van der Waals surface area contributed by atoms with Gasteiger partial charge in [0.2, 0.25) is 0 Å². The molecular weight excluding hydrogens is 356 g/mol. The van der Waals surface area contributed by atoms with Gasteiger partial charge in [-0.05, 0) is 70.0 Å². The molecule has 0 aromatic rings. The molecular formula is C21H38N4O3. The van der Waals surface area contributed by atoms with Crippen molar-refractivity contribution in [2.24, 2.45) is 11.8 Å². The highest BCUT2D eigenvalue weighted by atomic mass is 16.4. The van der Waals surface area contributed by atoms with Crippen LogP contribution in [0.2, 0.25) is 0 Å². The fourth-order valence-corrected chi connectivity index (χ4v) is 4.95. The number of carbonyl (C=O) groups is 2. The molecule has 1 atom stereocenters. The number of aliphatic carboxylic acids is 1. The average molecular weight is 395 g/mol. The molecule has 1 aliphatic carbocycles. The van der Waals surface area contributed by atoms with Crippen LogP contribution in [0.4, 0.5) is 4.79 Å². The lowest BCUT2D eigenvalue weighted by atomic mass is 9.85. The van der Waals surface area contributed by atoms with Crippen LogP contribution in [-0.4, -0.2) is 89.7 Å². The highest BCUT2D eigenvalue weighted by Crippen LogP contribution is 2.26. The van der Waals surface area contributed by atoms with Crippen LogP contribution in [0.3, 0.4) is 0 Å². The fraction of sp³-hybridized carbons (Fsp3) is 0.905. The summed E-state index contributed by atoms with van der Waals surface area (Å²) in [7, 11) is 0. The molecule has 160 valence electrons. The van der Waals surface area contributed by atoms with E-state index in [0.29, 0.717) is 5.92 Å². The average Bonchev–Trinajstić information content (AvgIpc) is 2.64. The summed E-state index contributed by atoms with van der Waals surface area (Å²) >= 11 is 0. The summed E-state index contributed by atoms with van der Waals surface area (Å²) in [5, 5.41) is 12.2. The van der Waals surface area contributed by atoms with Crippen LogP contribution < -0.4 is 5.32 Å². The van der Waals surface area contributed by atoms with Gasteiger partial charge in [-0.1, -0.05) is 13.8 Å². The molecule has 0 spiro atoms. The molecule has 1 unspecified atom stereocenters. The van der Waals surface area contributed by atoms with Gasteiger partial charge in [-0.3, -0.25) is 9.69 Å². The zero-order valence-electron chi connectivity index (χ0n) is 17.6. The molecule has 2 aliphatic heterocycles. The molecule has 2 amide bonds. The first-order valence-electron chi connectivity index (χ1n) is 11.2. The molecule has 3 fully saturated rings. The van der Waals surface area contributed by atoms with Crippen LogP contribution in [0, 0.1) is 11.8 Å². The van der Waals surface area contributed by atoms with Gasteiger partial charge in [-0.15, -0.1) is 0 Å². The van der Waals surface area contributed by atoms with Crippen molar-refractivity contribution in [2.45, 2.75) is 64.5 Å². The van der Waals surface area contributed by atoms with Gasteiger partial charge in [0.25, 0.3) is 0 Å². The molecule has 0 radical (unpaired) electrons. The van der Waals surface area contributed by atoms with Crippen LogP contribution >= 0.6 is 0 Å². The van der Waals surface area contributed by atoms with Gasteiger partial charge in [0.1, 0.15) is 0 Å². The number of rotatable bonds is 7. The topological polar surface area (TPSA) is 76.1 Å². The van der Waals surface area contributed by atoms with E-state index in [4.69, 9.17) is 5.11 Å². The largest absolute Gasteiger partial charge is 0.480 e. The molecule has 2 saturated heterocycles. The Morgan fingerprint density at radius 1 is 1.14 bits per heavy atom. The molecule has 2 heterocycles. The summed E-state index contributed by atoms with van der Waals surface area (Å²) < 4.78 is 0. The second-order valence-corrected chi connectivity index (χ2v) is 9.17. The zero-order chi connectivity index (χ0) is 20.1. The molecule has 0 aromatic heterocycles. The number of nitrogens with zero attached hydrogens (tertiary/aromatic N) is 3. The number of urea groups is 1. The Hall–Kier alpha value is -1.34. The van der Waals surface area contributed by atoms with E-state index in [0.717, 1.165) is 51.4 Å². The van der Waals surface area contributed by atoms with Crippen LogP contribution in [0.15, 0.2) is 0 Å². The molecule has 1 saturated carbocycles. The summed E-state index contributed by atoms with van der Waals surface area (Å²) in [6, 6.07) is 0.535. The van der Waals surface area contributed by atoms with Gasteiger partial charge >= 0.3 is 12.0 Å². The Balaban J connectivity index is 1.38. The van der Waals surface area contributed by atoms with Crippen molar-refractivity contribution in [2.75, 3.05) is 45.8 Å². The molecule has 0 bridgehead atoms. The van der Waals surface area contributed by atoms with E-state index < -0.39 is 5.97 Å². The zero-order valence-corrected chi connectivity index (χ0v) is 17.6. The van der Waals surface area contributed by atoms with Gasteiger partial charge in [-0.25, -0.2) is 4.79 Å². The van der Waals surface area contributed by atoms with Gasteiger partial charge in [-0.2, -0.15) is 0 Å². The molecule has 0 aromatic carbocycles. The predicted octanol–water partition coefficient (Wildman–Crippen LogP) is 2.08. The number of nitrogens with one attached hydrogen (secondary N) is 1.